The predicted molar refractivity (Wildman–Crippen MR) is 69.7 cm³/mol. The van der Waals surface area contributed by atoms with Crippen molar-refractivity contribution in [1.82, 2.24) is 19.7 Å². The van der Waals surface area contributed by atoms with Crippen LogP contribution in [-0.4, -0.2) is 24.9 Å². The number of nitrogens with two attached hydrogens (primary N) is 1. The molecule has 3 rings (SSSR count). The molecule has 0 atom stereocenters. The first kappa shape index (κ1) is 10.1. The van der Waals surface area contributed by atoms with Crippen molar-refractivity contribution < 1.29 is 0 Å². The minimum atomic E-state index is 0.174. The summed E-state index contributed by atoms with van der Waals surface area (Å²) in [5.74, 6) is 0. The molecule has 2 heterocycles. The van der Waals surface area contributed by atoms with Crippen LogP contribution in [0.2, 0.25) is 0 Å². The average molecular weight is 243 g/mol. The molecule has 0 saturated carbocycles. The van der Waals surface area contributed by atoms with E-state index in [0.29, 0.717) is 5.65 Å². The van der Waals surface area contributed by atoms with E-state index < -0.39 is 0 Å². The van der Waals surface area contributed by atoms with Crippen LogP contribution in [0.5, 0.6) is 0 Å². The lowest BCUT2D eigenvalue weighted by Gasteiger charge is -1.99. The van der Waals surface area contributed by atoms with Gasteiger partial charge in [0.05, 0.1) is 16.7 Å². The Labute approximate surface area is 102 Å². The van der Waals surface area contributed by atoms with Gasteiger partial charge in [-0.05, 0) is 31.3 Å². The monoisotopic (exact) mass is 243 g/mol. The van der Waals surface area contributed by atoms with Crippen LogP contribution in [0.4, 0.5) is 0 Å². The van der Waals surface area contributed by atoms with Crippen molar-refractivity contribution in [3.8, 4) is 0 Å². The van der Waals surface area contributed by atoms with Crippen molar-refractivity contribution in [2.24, 2.45) is 5.73 Å². The van der Waals surface area contributed by atoms with Crippen molar-refractivity contribution in [3.63, 3.8) is 0 Å². The lowest BCUT2D eigenvalue weighted by molar-refractivity contribution is 0.932. The molecule has 0 unspecified atom stereocenters. The van der Waals surface area contributed by atoms with E-state index in [1.54, 1.807) is 0 Å². The van der Waals surface area contributed by atoms with Crippen LogP contribution in [0, 0.1) is 6.92 Å². The van der Waals surface area contributed by atoms with Crippen molar-refractivity contribution in [3.05, 3.63) is 30.0 Å². The quantitative estimate of drug-likeness (QED) is 0.604. The zero-order valence-electron chi connectivity index (χ0n) is 9.08. The van der Waals surface area contributed by atoms with Gasteiger partial charge in [0.2, 0.25) is 0 Å². The minimum Gasteiger partial charge on any atom is -0.374 e. The number of hydrogen-bond acceptors (Lipinski definition) is 4. The van der Waals surface area contributed by atoms with Crippen molar-refractivity contribution in [1.29, 1.82) is 0 Å². The van der Waals surface area contributed by atoms with Crippen LogP contribution in [0.25, 0.3) is 22.2 Å². The maximum atomic E-state index is 5.60. The Morgan fingerprint density at radius 1 is 1.24 bits per heavy atom. The fraction of sp³-hybridized carbons (Fsp3) is 0.0909. The van der Waals surface area contributed by atoms with E-state index in [0.717, 1.165) is 22.2 Å². The molecule has 2 aromatic heterocycles. The number of fused-ring (bicyclic) bond motifs is 2. The van der Waals surface area contributed by atoms with Crippen LogP contribution >= 0.6 is 12.2 Å². The summed E-state index contributed by atoms with van der Waals surface area (Å²) in [6.45, 7) is 1.86. The fourth-order valence-corrected chi connectivity index (χ4v) is 1.91. The van der Waals surface area contributed by atoms with Gasteiger partial charge in [-0.3, -0.25) is 0 Å². The van der Waals surface area contributed by atoms with E-state index in [-0.39, 0.29) is 5.11 Å². The van der Waals surface area contributed by atoms with E-state index >= 15 is 0 Å². The maximum absolute atomic E-state index is 5.60. The number of para-hydroxylation sites is 2. The Morgan fingerprint density at radius 2 is 1.88 bits per heavy atom. The van der Waals surface area contributed by atoms with Crippen LogP contribution < -0.4 is 5.73 Å². The van der Waals surface area contributed by atoms with Gasteiger partial charge in [-0.25, -0.2) is 9.97 Å². The standard InChI is InChI=1S/C11H9N5S/c1-6-9-10(16(15-6)11(12)17)14-8-5-3-2-4-7(8)13-9/h2-5H,1H3,(H2,12,17). The van der Waals surface area contributed by atoms with Crippen LogP contribution in [-0.2, 0) is 0 Å². The molecular formula is C11H9N5S. The lowest BCUT2D eigenvalue weighted by atomic mass is 10.3. The highest BCUT2D eigenvalue weighted by molar-refractivity contribution is 7.80. The summed E-state index contributed by atoms with van der Waals surface area (Å²) in [4.78, 5) is 9.01. The normalized spacial score (nSPS) is 11.1. The first-order valence-electron chi connectivity index (χ1n) is 5.09. The van der Waals surface area contributed by atoms with E-state index in [1.807, 2.05) is 31.2 Å². The Bertz CT molecular complexity index is 746. The van der Waals surface area contributed by atoms with E-state index in [4.69, 9.17) is 18.0 Å². The van der Waals surface area contributed by atoms with Crippen molar-refractivity contribution in [2.45, 2.75) is 6.92 Å². The molecule has 0 aliphatic heterocycles. The molecule has 0 fully saturated rings. The molecule has 0 aliphatic carbocycles. The molecule has 0 bridgehead atoms. The molecule has 0 radical (unpaired) electrons. The summed E-state index contributed by atoms with van der Waals surface area (Å²) < 4.78 is 1.44. The van der Waals surface area contributed by atoms with Gasteiger partial charge < -0.3 is 5.73 Å². The van der Waals surface area contributed by atoms with Gasteiger partial charge in [-0.1, -0.05) is 12.1 Å². The van der Waals surface area contributed by atoms with Crippen LogP contribution in [0.3, 0.4) is 0 Å². The Kier molecular flexibility index (Phi) is 2.05. The minimum absolute atomic E-state index is 0.174. The Hall–Kier alpha value is -2.08. The highest BCUT2D eigenvalue weighted by Crippen LogP contribution is 2.18. The van der Waals surface area contributed by atoms with Gasteiger partial charge >= 0.3 is 0 Å². The Morgan fingerprint density at radius 3 is 2.53 bits per heavy atom. The second-order valence-corrected chi connectivity index (χ2v) is 4.14. The molecule has 2 N–H and O–H groups in total. The number of aryl methyl sites for hydroxylation is 1. The second-order valence-electron chi connectivity index (χ2n) is 3.72. The van der Waals surface area contributed by atoms with Gasteiger partial charge in [-0.15, -0.1) is 0 Å². The summed E-state index contributed by atoms with van der Waals surface area (Å²) in [6.07, 6.45) is 0. The summed E-state index contributed by atoms with van der Waals surface area (Å²) in [7, 11) is 0. The summed E-state index contributed by atoms with van der Waals surface area (Å²) in [6, 6.07) is 7.65. The molecular weight excluding hydrogens is 234 g/mol. The third kappa shape index (κ3) is 1.45. The van der Waals surface area contributed by atoms with E-state index in [1.165, 1.54) is 4.68 Å². The third-order valence-corrected chi connectivity index (χ3v) is 2.73. The van der Waals surface area contributed by atoms with Crippen LogP contribution in [0.1, 0.15) is 5.69 Å². The predicted octanol–water partition coefficient (Wildman–Crippen LogP) is 1.38. The first-order valence-corrected chi connectivity index (χ1v) is 5.49. The van der Waals surface area contributed by atoms with Gasteiger partial charge in [0, 0.05) is 0 Å². The molecule has 84 valence electrons. The summed E-state index contributed by atoms with van der Waals surface area (Å²) in [5.41, 5.74) is 9.35. The van der Waals surface area contributed by atoms with E-state index in [2.05, 4.69) is 15.1 Å². The molecule has 0 spiro atoms. The topological polar surface area (TPSA) is 69.6 Å². The molecule has 0 amide bonds. The molecule has 1 aromatic carbocycles. The molecule has 5 nitrogen and oxygen atoms in total. The second kappa shape index (κ2) is 3.46. The first-order chi connectivity index (χ1) is 8.16. The summed E-state index contributed by atoms with van der Waals surface area (Å²) >= 11 is 4.94. The van der Waals surface area contributed by atoms with Gasteiger partial charge in [-0.2, -0.15) is 9.78 Å². The lowest BCUT2D eigenvalue weighted by Crippen LogP contribution is -2.20. The highest BCUT2D eigenvalue weighted by atomic mass is 32.1. The highest BCUT2D eigenvalue weighted by Gasteiger charge is 2.12. The number of aromatic nitrogens is 4. The van der Waals surface area contributed by atoms with E-state index in [9.17, 15) is 0 Å². The fourth-order valence-electron chi connectivity index (χ4n) is 1.78. The zero-order chi connectivity index (χ0) is 12.0. The molecule has 0 saturated heterocycles. The van der Waals surface area contributed by atoms with Gasteiger partial charge in [0.25, 0.3) is 0 Å². The smallest absolute Gasteiger partial charge is 0.193 e. The molecule has 17 heavy (non-hydrogen) atoms. The van der Waals surface area contributed by atoms with Crippen molar-refractivity contribution in [2.75, 3.05) is 0 Å². The maximum Gasteiger partial charge on any atom is 0.193 e. The number of nitrogens with zero attached hydrogens (tertiary/aromatic N) is 4. The number of benzene rings is 1. The SMILES string of the molecule is Cc1nn(C(N)=S)c2nc3ccccc3nc12. The number of rotatable bonds is 0. The van der Waals surface area contributed by atoms with Gasteiger partial charge in [0.15, 0.2) is 10.8 Å². The van der Waals surface area contributed by atoms with Crippen LogP contribution in [0.15, 0.2) is 24.3 Å². The molecule has 3 aromatic rings. The number of thiocarbonyl (C=S) groups is 1. The molecule has 6 heteroatoms. The Balaban J connectivity index is 2.49. The molecule has 0 aliphatic rings. The summed E-state index contributed by atoms with van der Waals surface area (Å²) in [5, 5.41) is 4.41. The zero-order valence-corrected chi connectivity index (χ0v) is 9.90. The average Bonchev–Trinajstić information content (AvgIpc) is 2.64. The number of hydrogen-bond donors (Lipinski definition) is 1. The largest absolute Gasteiger partial charge is 0.374 e. The third-order valence-electron chi connectivity index (χ3n) is 2.55. The van der Waals surface area contributed by atoms with Crippen molar-refractivity contribution >= 4 is 39.5 Å². The van der Waals surface area contributed by atoms with Gasteiger partial charge in [0.1, 0.15) is 5.52 Å².